The first-order chi connectivity index (χ1) is 9.09. The largest absolute Gasteiger partial charge is 0.397 e. The number of anilines is 2. The number of hydrogen-bond acceptors (Lipinski definition) is 3. The summed E-state index contributed by atoms with van der Waals surface area (Å²) in [5.41, 5.74) is 6.86. The van der Waals surface area contributed by atoms with Crippen molar-refractivity contribution in [3.63, 3.8) is 0 Å². The summed E-state index contributed by atoms with van der Waals surface area (Å²) in [7, 11) is 0. The summed E-state index contributed by atoms with van der Waals surface area (Å²) >= 11 is 0. The first-order valence-electron chi connectivity index (χ1n) is 6.19. The van der Waals surface area contributed by atoms with E-state index in [1.165, 1.54) is 0 Å². The zero-order valence-electron chi connectivity index (χ0n) is 11.1. The maximum Gasteiger partial charge on any atom is 0.259 e. The zero-order valence-corrected chi connectivity index (χ0v) is 11.1. The van der Waals surface area contributed by atoms with Crippen LogP contribution in [0.5, 0.6) is 0 Å². The Morgan fingerprint density at radius 3 is 2.37 bits per heavy atom. The Bertz CT molecular complexity index is 549. The van der Waals surface area contributed by atoms with Gasteiger partial charge in [0.2, 0.25) is 0 Å². The van der Waals surface area contributed by atoms with Crippen molar-refractivity contribution in [3.05, 3.63) is 54.2 Å². The number of benzene rings is 1. The Balaban J connectivity index is 2.36. The molecule has 1 aromatic heterocycles. The van der Waals surface area contributed by atoms with Gasteiger partial charge in [-0.25, -0.2) is 4.98 Å². The van der Waals surface area contributed by atoms with Crippen LogP contribution in [0.4, 0.5) is 11.5 Å². The first-order valence-corrected chi connectivity index (χ1v) is 6.19. The zero-order chi connectivity index (χ0) is 13.8. The van der Waals surface area contributed by atoms with Gasteiger partial charge in [-0.2, -0.15) is 0 Å². The van der Waals surface area contributed by atoms with Crippen LogP contribution in [0.2, 0.25) is 0 Å². The number of hydrogen-bond donors (Lipinski definition) is 1. The summed E-state index contributed by atoms with van der Waals surface area (Å²) in [5.74, 6) is 0.547. The van der Waals surface area contributed by atoms with E-state index in [0.717, 1.165) is 0 Å². The summed E-state index contributed by atoms with van der Waals surface area (Å²) in [4.78, 5) is 18.4. The van der Waals surface area contributed by atoms with Crippen molar-refractivity contribution in [1.82, 2.24) is 4.98 Å². The van der Waals surface area contributed by atoms with Crippen LogP contribution in [-0.4, -0.2) is 16.9 Å². The SMILES string of the molecule is CC(C)N(C(=O)c1ccccc1)c1ccc(N)cn1. The van der Waals surface area contributed by atoms with Crippen LogP contribution in [0.3, 0.4) is 0 Å². The minimum absolute atomic E-state index is 0.0174. The van der Waals surface area contributed by atoms with Gasteiger partial charge in [0.25, 0.3) is 5.91 Å². The van der Waals surface area contributed by atoms with Crippen molar-refractivity contribution in [1.29, 1.82) is 0 Å². The number of aromatic nitrogens is 1. The van der Waals surface area contributed by atoms with E-state index in [0.29, 0.717) is 17.1 Å². The number of pyridine rings is 1. The van der Waals surface area contributed by atoms with E-state index in [4.69, 9.17) is 5.73 Å². The molecular weight excluding hydrogens is 238 g/mol. The van der Waals surface area contributed by atoms with Crippen LogP contribution in [0.25, 0.3) is 0 Å². The minimum Gasteiger partial charge on any atom is -0.397 e. The molecule has 4 heteroatoms. The molecule has 0 spiro atoms. The van der Waals surface area contributed by atoms with Crippen LogP contribution >= 0.6 is 0 Å². The quantitative estimate of drug-likeness (QED) is 0.917. The lowest BCUT2D eigenvalue weighted by Gasteiger charge is -2.25. The Morgan fingerprint density at radius 2 is 1.84 bits per heavy atom. The van der Waals surface area contributed by atoms with Crippen molar-refractivity contribution in [2.45, 2.75) is 19.9 Å². The van der Waals surface area contributed by atoms with Gasteiger partial charge in [-0.1, -0.05) is 18.2 Å². The third kappa shape index (κ3) is 2.91. The highest BCUT2D eigenvalue weighted by Gasteiger charge is 2.21. The number of nitrogens with zero attached hydrogens (tertiary/aromatic N) is 2. The second-order valence-corrected chi connectivity index (χ2v) is 4.58. The minimum atomic E-state index is -0.0622. The van der Waals surface area contributed by atoms with Crippen molar-refractivity contribution < 1.29 is 4.79 Å². The molecule has 2 rings (SSSR count). The predicted octanol–water partition coefficient (Wildman–Crippen LogP) is 2.72. The van der Waals surface area contributed by atoms with E-state index in [1.54, 1.807) is 35.4 Å². The molecule has 2 N–H and O–H groups in total. The number of amides is 1. The van der Waals surface area contributed by atoms with E-state index < -0.39 is 0 Å². The maximum atomic E-state index is 12.5. The number of nitrogen functional groups attached to an aromatic ring is 1. The molecule has 1 amide bonds. The molecule has 0 fully saturated rings. The molecule has 0 atom stereocenters. The van der Waals surface area contributed by atoms with E-state index >= 15 is 0 Å². The van der Waals surface area contributed by atoms with Crippen LogP contribution in [0.15, 0.2) is 48.7 Å². The molecule has 0 unspecified atom stereocenters. The molecule has 4 nitrogen and oxygen atoms in total. The Morgan fingerprint density at radius 1 is 1.16 bits per heavy atom. The fraction of sp³-hybridized carbons (Fsp3) is 0.200. The third-order valence-corrected chi connectivity index (χ3v) is 2.77. The maximum absolute atomic E-state index is 12.5. The van der Waals surface area contributed by atoms with Gasteiger partial charge < -0.3 is 5.73 Å². The Kier molecular flexibility index (Phi) is 3.80. The highest BCUT2D eigenvalue weighted by molar-refractivity contribution is 6.05. The van der Waals surface area contributed by atoms with Gasteiger partial charge in [-0.05, 0) is 38.1 Å². The van der Waals surface area contributed by atoms with E-state index in [1.807, 2.05) is 32.0 Å². The molecule has 1 heterocycles. The topological polar surface area (TPSA) is 59.2 Å². The lowest BCUT2D eigenvalue weighted by molar-refractivity contribution is 0.0979. The van der Waals surface area contributed by atoms with E-state index in [9.17, 15) is 4.79 Å². The van der Waals surface area contributed by atoms with Crippen molar-refractivity contribution >= 4 is 17.4 Å². The molecular formula is C15H17N3O. The van der Waals surface area contributed by atoms with Gasteiger partial charge >= 0.3 is 0 Å². The molecule has 0 aliphatic rings. The number of rotatable bonds is 3. The number of carbonyl (C=O) groups is 1. The lowest BCUT2D eigenvalue weighted by Crippen LogP contribution is -2.37. The Labute approximate surface area is 112 Å². The molecule has 0 saturated carbocycles. The molecule has 0 radical (unpaired) electrons. The highest BCUT2D eigenvalue weighted by Crippen LogP contribution is 2.18. The summed E-state index contributed by atoms with van der Waals surface area (Å²) < 4.78 is 0. The summed E-state index contributed by atoms with van der Waals surface area (Å²) in [6.07, 6.45) is 1.56. The molecule has 0 aliphatic heterocycles. The monoisotopic (exact) mass is 255 g/mol. The normalized spacial score (nSPS) is 10.5. The molecule has 0 saturated heterocycles. The van der Waals surface area contributed by atoms with Gasteiger partial charge in [0.15, 0.2) is 0 Å². The predicted molar refractivity (Wildman–Crippen MR) is 77.0 cm³/mol. The highest BCUT2D eigenvalue weighted by atomic mass is 16.2. The van der Waals surface area contributed by atoms with Crippen LogP contribution in [-0.2, 0) is 0 Å². The van der Waals surface area contributed by atoms with Gasteiger partial charge in [0.05, 0.1) is 11.9 Å². The summed E-state index contributed by atoms with van der Waals surface area (Å²) in [6, 6.07) is 12.7. The van der Waals surface area contributed by atoms with Crippen LogP contribution in [0, 0.1) is 0 Å². The molecule has 0 aliphatic carbocycles. The van der Waals surface area contributed by atoms with Crippen molar-refractivity contribution in [3.8, 4) is 0 Å². The van der Waals surface area contributed by atoms with Crippen LogP contribution in [0.1, 0.15) is 24.2 Å². The number of nitrogens with two attached hydrogens (primary N) is 1. The molecule has 1 aromatic carbocycles. The summed E-state index contributed by atoms with van der Waals surface area (Å²) in [5, 5.41) is 0. The molecule has 2 aromatic rings. The average molecular weight is 255 g/mol. The second kappa shape index (κ2) is 5.52. The smallest absolute Gasteiger partial charge is 0.259 e. The first kappa shape index (κ1) is 13.1. The fourth-order valence-corrected chi connectivity index (χ4v) is 1.86. The van der Waals surface area contributed by atoms with Gasteiger partial charge in [0.1, 0.15) is 5.82 Å². The van der Waals surface area contributed by atoms with Gasteiger partial charge in [-0.15, -0.1) is 0 Å². The lowest BCUT2D eigenvalue weighted by atomic mass is 10.1. The van der Waals surface area contributed by atoms with Crippen LogP contribution < -0.4 is 10.6 Å². The fourth-order valence-electron chi connectivity index (χ4n) is 1.86. The van der Waals surface area contributed by atoms with Crippen molar-refractivity contribution in [2.75, 3.05) is 10.6 Å². The average Bonchev–Trinajstić information content (AvgIpc) is 2.42. The molecule has 0 bridgehead atoms. The summed E-state index contributed by atoms with van der Waals surface area (Å²) in [6.45, 7) is 3.91. The molecule has 19 heavy (non-hydrogen) atoms. The van der Waals surface area contributed by atoms with E-state index in [-0.39, 0.29) is 11.9 Å². The van der Waals surface area contributed by atoms with Gasteiger partial charge in [0, 0.05) is 11.6 Å². The standard InChI is InChI=1S/C15H17N3O/c1-11(2)18(14-9-8-13(16)10-17-14)15(19)12-6-4-3-5-7-12/h3-11H,16H2,1-2H3. The number of carbonyl (C=O) groups excluding carboxylic acids is 1. The second-order valence-electron chi connectivity index (χ2n) is 4.58. The van der Waals surface area contributed by atoms with E-state index in [2.05, 4.69) is 4.98 Å². The van der Waals surface area contributed by atoms with Crippen molar-refractivity contribution in [2.24, 2.45) is 0 Å². The third-order valence-electron chi connectivity index (χ3n) is 2.77. The molecule has 98 valence electrons. The Hall–Kier alpha value is -2.36. The van der Waals surface area contributed by atoms with Gasteiger partial charge in [-0.3, -0.25) is 9.69 Å².